The Labute approximate surface area is 106 Å². The molecule has 0 saturated carbocycles. The molecule has 0 spiro atoms. The molecule has 1 aliphatic heterocycles. The number of amides is 1. The number of carbonyl (C=O) groups is 2. The molecule has 5 heteroatoms. The number of ether oxygens (including phenoxy) is 1. The molecule has 1 aliphatic rings. The summed E-state index contributed by atoms with van der Waals surface area (Å²) in [6.07, 6.45) is 3.07. The van der Waals surface area contributed by atoms with Gasteiger partial charge in [-0.05, 0) is 31.9 Å². The van der Waals surface area contributed by atoms with Gasteiger partial charge >= 0.3 is 5.97 Å². The van der Waals surface area contributed by atoms with Crippen LogP contribution >= 0.6 is 0 Å². The van der Waals surface area contributed by atoms with E-state index in [1.54, 1.807) is 24.0 Å². The molecule has 0 aliphatic carbocycles. The van der Waals surface area contributed by atoms with Crippen LogP contribution in [0, 0.1) is 5.92 Å². The lowest BCUT2D eigenvalue weighted by molar-refractivity contribution is -0.149. The Balaban J connectivity index is 1.98. The summed E-state index contributed by atoms with van der Waals surface area (Å²) >= 11 is 0. The SMILES string of the molecule is CCOC(=O)[C@H]1CCCN(C(=O)c2ccco2)C1. The summed E-state index contributed by atoms with van der Waals surface area (Å²) in [5, 5.41) is 0. The van der Waals surface area contributed by atoms with Crippen LogP contribution in [0.2, 0.25) is 0 Å². The van der Waals surface area contributed by atoms with Crippen molar-refractivity contribution in [1.82, 2.24) is 4.90 Å². The molecule has 1 aromatic rings. The van der Waals surface area contributed by atoms with Gasteiger partial charge in [0.25, 0.3) is 5.91 Å². The Morgan fingerprint density at radius 2 is 2.39 bits per heavy atom. The quantitative estimate of drug-likeness (QED) is 0.767. The van der Waals surface area contributed by atoms with Crippen molar-refractivity contribution in [2.45, 2.75) is 19.8 Å². The number of hydrogen-bond donors (Lipinski definition) is 0. The zero-order valence-corrected chi connectivity index (χ0v) is 10.4. The molecule has 0 bridgehead atoms. The second-order valence-electron chi connectivity index (χ2n) is 4.32. The molecular weight excluding hydrogens is 234 g/mol. The Kier molecular flexibility index (Phi) is 4.02. The fraction of sp³-hybridized carbons (Fsp3) is 0.538. The first-order valence-corrected chi connectivity index (χ1v) is 6.21. The Hall–Kier alpha value is -1.78. The summed E-state index contributed by atoms with van der Waals surface area (Å²) in [6.45, 7) is 3.24. The number of hydrogen-bond acceptors (Lipinski definition) is 4. The summed E-state index contributed by atoms with van der Waals surface area (Å²) in [5.74, 6) is -0.263. The maximum atomic E-state index is 12.1. The van der Waals surface area contributed by atoms with E-state index < -0.39 is 0 Å². The first kappa shape index (κ1) is 12.7. The highest BCUT2D eigenvalue weighted by Gasteiger charge is 2.30. The molecule has 1 aromatic heterocycles. The maximum Gasteiger partial charge on any atom is 0.310 e. The van der Waals surface area contributed by atoms with Crippen LogP contribution in [0.1, 0.15) is 30.3 Å². The standard InChI is InChI=1S/C13H17NO4/c1-2-17-13(16)10-5-3-7-14(9-10)12(15)11-6-4-8-18-11/h4,6,8,10H,2-3,5,7,9H2,1H3/t10-/m0/s1. The smallest absolute Gasteiger partial charge is 0.310 e. The Bertz CT molecular complexity index is 413. The molecule has 1 fully saturated rings. The van der Waals surface area contributed by atoms with E-state index in [0.29, 0.717) is 25.5 Å². The number of piperidine rings is 1. The third-order valence-corrected chi connectivity index (χ3v) is 3.06. The predicted octanol–water partition coefficient (Wildman–Crippen LogP) is 1.69. The van der Waals surface area contributed by atoms with Crippen LogP contribution in [-0.2, 0) is 9.53 Å². The Morgan fingerprint density at radius 3 is 3.06 bits per heavy atom. The molecule has 0 N–H and O–H groups in total. The summed E-state index contributed by atoms with van der Waals surface area (Å²) in [4.78, 5) is 25.4. The lowest BCUT2D eigenvalue weighted by atomic mass is 9.98. The van der Waals surface area contributed by atoms with Crippen molar-refractivity contribution in [3.05, 3.63) is 24.2 Å². The second kappa shape index (κ2) is 5.71. The summed E-state index contributed by atoms with van der Waals surface area (Å²) in [6, 6.07) is 3.32. The van der Waals surface area contributed by atoms with Crippen molar-refractivity contribution in [2.24, 2.45) is 5.92 Å². The monoisotopic (exact) mass is 251 g/mol. The molecule has 0 aromatic carbocycles. The van der Waals surface area contributed by atoms with E-state index in [9.17, 15) is 9.59 Å². The average Bonchev–Trinajstić information content (AvgIpc) is 2.92. The first-order chi connectivity index (χ1) is 8.72. The number of likely N-dealkylation sites (tertiary alicyclic amines) is 1. The molecule has 2 rings (SSSR count). The zero-order valence-electron chi connectivity index (χ0n) is 10.4. The molecule has 0 radical (unpaired) electrons. The van der Waals surface area contributed by atoms with Gasteiger partial charge in [-0.15, -0.1) is 0 Å². The summed E-state index contributed by atoms with van der Waals surface area (Å²) in [7, 11) is 0. The van der Waals surface area contributed by atoms with Crippen LogP contribution in [-0.4, -0.2) is 36.5 Å². The van der Waals surface area contributed by atoms with E-state index in [2.05, 4.69) is 0 Å². The molecule has 5 nitrogen and oxygen atoms in total. The van der Waals surface area contributed by atoms with Gasteiger partial charge in [0.1, 0.15) is 0 Å². The van der Waals surface area contributed by atoms with Crippen LogP contribution in [0.4, 0.5) is 0 Å². The van der Waals surface area contributed by atoms with Crippen molar-refractivity contribution in [3.8, 4) is 0 Å². The van der Waals surface area contributed by atoms with Crippen LogP contribution in [0.3, 0.4) is 0 Å². The fourth-order valence-electron chi connectivity index (χ4n) is 2.17. The van der Waals surface area contributed by atoms with Crippen molar-refractivity contribution in [3.63, 3.8) is 0 Å². The van der Waals surface area contributed by atoms with E-state index in [4.69, 9.17) is 9.15 Å². The van der Waals surface area contributed by atoms with Gasteiger partial charge in [0.2, 0.25) is 0 Å². The van der Waals surface area contributed by atoms with Crippen molar-refractivity contribution in [2.75, 3.05) is 19.7 Å². The summed E-state index contributed by atoms with van der Waals surface area (Å²) < 4.78 is 10.1. The highest BCUT2D eigenvalue weighted by molar-refractivity contribution is 5.91. The molecule has 0 unspecified atom stereocenters. The molecule has 98 valence electrons. The van der Waals surface area contributed by atoms with Crippen LogP contribution in [0.5, 0.6) is 0 Å². The average molecular weight is 251 g/mol. The molecule has 1 atom stereocenters. The van der Waals surface area contributed by atoms with Crippen LogP contribution < -0.4 is 0 Å². The van der Waals surface area contributed by atoms with Gasteiger partial charge in [-0.25, -0.2) is 0 Å². The first-order valence-electron chi connectivity index (χ1n) is 6.21. The maximum absolute atomic E-state index is 12.1. The van der Waals surface area contributed by atoms with E-state index in [-0.39, 0.29) is 17.8 Å². The van der Waals surface area contributed by atoms with Gasteiger partial charge in [0, 0.05) is 13.1 Å². The third kappa shape index (κ3) is 2.72. The third-order valence-electron chi connectivity index (χ3n) is 3.06. The van der Waals surface area contributed by atoms with Gasteiger partial charge in [0.05, 0.1) is 18.8 Å². The van der Waals surface area contributed by atoms with Gasteiger partial charge in [-0.1, -0.05) is 0 Å². The van der Waals surface area contributed by atoms with Gasteiger partial charge < -0.3 is 14.1 Å². The highest BCUT2D eigenvalue weighted by atomic mass is 16.5. The van der Waals surface area contributed by atoms with Gasteiger partial charge in [0.15, 0.2) is 5.76 Å². The molecule has 18 heavy (non-hydrogen) atoms. The van der Waals surface area contributed by atoms with E-state index in [0.717, 1.165) is 12.8 Å². The number of furan rings is 1. The van der Waals surface area contributed by atoms with Crippen molar-refractivity contribution in [1.29, 1.82) is 0 Å². The summed E-state index contributed by atoms with van der Waals surface area (Å²) in [5.41, 5.74) is 0. The minimum atomic E-state index is -0.213. The largest absolute Gasteiger partial charge is 0.466 e. The second-order valence-corrected chi connectivity index (χ2v) is 4.32. The van der Waals surface area contributed by atoms with Gasteiger partial charge in [-0.3, -0.25) is 9.59 Å². The number of carbonyl (C=O) groups excluding carboxylic acids is 2. The van der Waals surface area contributed by atoms with Crippen LogP contribution in [0.15, 0.2) is 22.8 Å². The number of esters is 1. The molecular formula is C13H17NO4. The Morgan fingerprint density at radius 1 is 1.56 bits per heavy atom. The normalized spacial score (nSPS) is 19.6. The van der Waals surface area contributed by atoms with E-state index >= 15 is 0 Å². The highest BCUT2D eigenvalue weighted by Crippen LogP contribution is 2.20. The molecule has 2 heterocycles. The minimum absolute atomic E-state index is 0.158. The predicted molar refractivity (Wildman–Crippen MR) is 64.0 cm³/mol. The van der Waals surface area contributed by atoms with E-state index in [1.165, 1.54) is 6.26 Å². The van der Waals surface area contributed by atoms with Crippen molar-refractivity contribution < 1.29 is 18.7 Å². The fourth-order valence-corrected chi connectivity index (χ4v) is 2.17. The minimum Gasteiger partial charge on any atom is -0.466 e. The van der Waals surface area contributed by atoms with E-state index in [1.807, 2.05) is 0 Å². The number of nitrogens with zero attached hydrogens (tertiary/aromatic N) is 1. The van der Waals surface area contributed by atoms with Crippen molar-refractivity contribution >= 4 is 11.9 Å². The van der Waals surface area contributed by atoms with Gasteiger partial charge in [-0.2, -0.15) is 0 Å². The van der Waals surface area contributed by atoms with Crippen LogP contribution in [0.25, 0.3) is 0 Å². The topological polar surface area (TPSA) is 59.8 Å². The zero-order chi connectivity index (χ0) is 13.0. The number of rotatable bonds is 3. The lowest BCUT2D eigenvalue weighted by Crippen LogP contribution is -2.42. The molecule has 1 saturated heterocycles. The molecule has 1 amide bonds. The lowest BCUT2D eigenvalue weighted by Gasteiger charge is -2.30.